The van der Waals surface area contributed by atoms with E-state index in [1.54, 1.807) is 0 Å². The van der Waals surface area contributed by atoms with Crippen molar-refractivity contribution in [3.63, 3.8) is 0 Å². The highest BCUT2D eigenvalue weighted by Gasteiger charge is 2.12. The van der Waals surface area contributed by atoms with Crippen LogP contribution in [0.5, 0.6) is 0 Å². The highest BCUT2D eigenvalue weighted by Crippen LogP contribution is 2.29. The van der Waals surface area contributed by atoms with Crippen LogP contribution in [0, 0.1) is 5.92 Å². The zero-order valence-corrected chi connectivity index (χ0v) is 5.89. The molecule has 48 valence electrons. The molecule has 1 heterocycles. The lowest BCUT2D eigenvalue weighted by Gasteiger charge is -2.23. The molecular formula is C7H14N-. The second-order valence-corrected chi connectivity index (χ2v) is 2.95. The van der Waals surface area contributed by atoms with Crippen LogP contribution in [0.2, 0.25) is 0 Å². The average molecular weight is 112 g/mol. The van der Waals surface area contributed by atoms with Crippen LogP contribution in [0.25, 0.3) is 5.32 Å². The standard InChI is InChI=1S/C7H14N/c1-5-4-6(2)8-7(5)3/h5-7H,4H2,1-3H3/q-1. The molecule has 0 aromatic carbocycles. The maximum atomic E-state index is 4.47. The molecule has 1 rings (SSSR count). The summed E-state index contributed by atoms with van der Waals surface area (Å²) in [4.78, 5) is 0. The zero-order chi connectivity index (χ0) is 6.15. The maximum absolute atomic E-state index is 4.47. The second-order valence-electron chi connectivity index (χ2n) is 2.95. The Bertz CT molecular complexity index is 70.5. The predicted octanol–water partition coefficient (Wildman–Crippen LogP) is 2.18. The van der Waals surface area contributed by atoms with Gasteiger partial charge in [-0.15, -0.1) is 12.1 Å². The number of rotatable bonds is 0. The van der Waals surface area contributed by atoms with Gasteiger partial charge in [0.25, 0.3) is 0 Å². The van der Waals surface area contributed by atoms with Crippen molar-refractivity contribution in [3.8, 4) is 0 Å². The van der Waals surface area contributed by atoms with Crippen molar-refractivity contribution in [1.82, 2.24) is 0 Å². The lowest BCUT2D eigenvalue weighted by molar-refractivity contribution is 0.557. The topological polar surface area (TPSA) is 14.1 Å². The van der Waals surface area contributed by atoms with Gasteiger partial charge in [0.1, 0.15) is 0 Å². The minimum atomic E-state index is 0.616. The Kier molecular flexibility index (Phi) is 1.57. The normalized spacial score (nSPS) is 47.6. The zero-order valence-electron chi connectivity index (χ0n) is 5.89. The first-order valence-electron chi connectivity index (χ1n) is 3.40. The van der Waals surface area contributed by atoms with Gasteiger partial charge in [0.2, 0.25) is 0 Å². The highest BCUT2D eigenvalue weighted by atomic mass is 15.0. The fourth-order valence-corrected chi connectivity index (χ4v) is 1.34. The summed E-state index contributed by atoms with van der Waals surface area (Å²) in [6.07, 6.45) is 1.29. The van der Waals surface area contributed by atoms with Crippen LogP contribution in [-0.2, 0) is 0 Å². The molecule has 1 aliphatic rings. The highest BCUT2D eigenvalue weighted by molar-refractivity contribution is 5.05. The number of hydrogen-bond donors (Lipinski definition) is 0. The third kappa shape index (κ3) is 1.03. The Balaban J connectivity index is 2.39. The lowest BCUT2D eigenvalue weighted by Crippen LogP contribution is -2.02. The van der Waals surface area contributed by atoms with E-state index in [0.717, 1.165) is 5.92 Å². The van der Waals surface area contributed by atoms with Gasteiger partial charge >= 0.3 is 0 Å². The van der Waals surface area contributed by atoms with Gasteiger partial charge in [-0.25, -0.2) is 0 Å². The molecule has 1 nitrogen and oxygen atoms in total. The fraction of sp³-hybridized carbons (Fsp3) is 1.00. The Morgan fingerprint density at radius 3 is 2.00 bits per heavy atom. The Labute approximate surface area is 51.5 Å². The van der Waals surface area contributed by atoms with E-state index in [1.165, 1.54) is 6.42 Å². The quantitative estimate of drug-likeness (QED) is 0.456. The van der Waals surface area contributed by atoms with E-state index in [9.17, 15) is 0 Å². The maximum Gasteiger partial charge on any atom is -0.0620 e. The third-order valence-electron chi connectivity index (χ3n) is 2.03. The van der Waals surface area contributed by atoms with E-state index < -0.39 is 0 Å². The van der Waals surface area contributed by atoms with Gasteiger partial charge in [-0.1, -0.05) is 33.1 Å². The van der Waals surface area contributed by atoms with Crippen molar-refractivity contribution in [2.24, 2.45) is 5.92 Å². The molecule has 3 atom stereocenters. The summed E-state index contributed by atoms with van der Waals surface area (Å²) in [5, 5.41) is 4.47. The fourth-order valence-electron chi connectivity index (χ4n) is 1.34. The first-order chi connectivity index (χ1) is 3.70. The van der Waals surface area contributed by atoms with Crippen LogP contribution >= 0.6 is 0 Å². The first kappa shape index (κ1) is 6.09. The van der Waals surface area contributed by atoms with Gasteiger partial charge < -0.3 is 5.32 Å². The van der Waals surface area contributed by atoms with Crippen LogP contribution in [0.1, 0.15) is 27.2 Å². The summed E-state index contributed by atoms with van der Waals surface area (Å²) in [5.41, 5.74) is 0. The third-order valence-corrected chi connectivity index (χ3v) is 2.03. The molecule has 8 heavy (non-hydrogen) atoms. The van der Waals surface area contributed by atoms with Crippen LogP contribution in [-0.4, -0.2) is 12.1 Å². The molecule has 0 spiro atoms. The predicted molar refractivity (Wildman–Crippen MR) is 36.1 cm³/mol. The molecule has 0 aliphatic carbocycles. The smallest absolute Gasteiger partial charge is 0.0620 e. The van der Waals surface area contributed by atoms with E-state index in [1.807, 2.05) is 0 Å². The van der Waals surface area contributed by atoms with Crippen molar-refractivity contribution >= 4 is 0 Å². The monoisotopic (exact) mass is 112 g/mol. The summed E-state index contributed by atoms with van der Waals surface area (Å²) >= 11 is 0. The molecule has 0 aromatic heterocycles. The Hall–Kier alpha value is -0.0400. The van der Waals surface area contributed by atoms with Gasteiger partial charge in [0.05, 0.1) is 0 Å². The van der Waals surface area contributed by atoms with Crippen LogP contribution in [0.3, 0.4) is 0 Å². The number of nitrogens with zero attached hydrogens (tertiary/aromatic N) is 1. The first-order valence-corrected chi connectivity index (χ1v) is 3.40. The van der Waals surface area contributed by atoms with Crippen molar-refractivity contribution in [3.05, 3.63) is 5.32 Å². The van der Waals surface area contributed by atoms with Crippen LogP contribution in [0.15, 0.2) is 0 Å². The Morgan fingerprint density at radius 2 is 1.88 bits per heavy atom. The SMILES string of the molecule is CC1CC(C)C(C)[N-]1. The molecule has 0 N–H and O–H groups in total. The summed E-state index contributed by atoms with van der Waals surface area (Å²) in [6.45, 7) is 6.67. The molecule has 1 aliphatic heterocycles. The van der Waals surface area contributed by atoms with Crippen LogP contribution in [0.4, 0.5) is 0 Å². The van der Waals surface area contributed by atoms with Gasteiger partial charge in [-0.3, -0.25) is 0 Å². The molecular weight excluding hydrogens is 98.1 g/mol. The largest absolute Gasteiger partial charge is 0.657 e. The van der Waals surface area contributed by atoms with E-state index in [0.29, 0.717) is 12.1 Å². The van der Waals surface area contributed by atoms with Crippen molar-refractivity contribution < 1.29 is 0 Å². The van der Waals surface area contributed by atoms with Crippen molar-refractivity contribution in [1.29, 1.82) is 0 Å². The van der Waals surface area contributed by atoms with Crippen LogP contribution < -0.4 is 0 Å². The van der Waals surface area contributed by atoms with Gasteiger partial charge in [0, 0.05) is 0 Å². The van der Waals surface area contributed by atoms with E-state index >= 15 is 0 Å². The second kappa shape index (κ2) is 2.06. The molecule has 0 amide bonds. The summed E-state index contributed by atoms with van der Waals surface area (Å²) in [6, 6.07) is 1.24. The average Bonchev–Trinajstić information content (AvgIpc) is 1.85. The van der Waals surface area contributed by atoms with E-state index in [4.69, 9.17) is 0 Å². The molecule has 1 saturated heterocycles. The molecule has 0 saturated carbocycles. The molecule has 1 heteroatoms. The molecule has 1 fully saturated rings. The van der Waals surface area contributed by atoms with Gasteiger partial charge in [-0.2, -0.15) is 0 Å². The summed E-state index contributed by atoms with van der Waals surface area (Å²) in [5.74, 6) is 0.824. The lowest BCUT2D eigenvalue weighted by atomic mass is 10.0. The molecule has 3 unspecified atom stereocenters. The van der Waals surface area contributed by atoms with Crippen molar-refractivity contribution in [2.45, 2.75) is 39.3 Å². The van der Waals surface area contributed by atoms with Crippen molar-refractivity contribution in [2.75, 3.05) is 0 Å². The number of hydrogen-bond acceptors (Lipinski definition) is 0. The molecule has 0 radical (unpaired) electrons. The van der Waals surface area contributed by atoms with E-state index in [-0.39, 0.29) is 0 Å². The van der Waals surface area contributed by atoms with Gasteiger partial charge in [0.15, 0.2) is 0 Å². The minimum Gasteiger partial charge on any atom is -0.657 e. The summed E-state index contributed by atoms with van der Waals surface area (Å²) in [7, 11) is 0. The summed E-state index contributed by atoms with van der Waals surface area (Å²) < 4.78 is 0. The molecule has 0 aromatic rings. The minimum absolute atomic E-state index is 0.616. The Morgan fingerprint density at radius 1 is 1.25 bits per heavy atom. The van der Waals surface area contributed by atoms with Gasteiger partial charge in [-0.05, 0) is 0 Å². The van der Waals surface area contributed by atoms with E-state index in [2.05, 4.69) is 26.1 Å². The molecule has 0 bridgehead atoms.